The standard InChI is InChI=1S/C19H25N5O/c1-3-22(15-17-7-5-4-6-8-17)18-9-10-20-19(21-18)24-13-11-23(12-14-24)16(2)25/h4-10H,3,11-15H2,1-2H3. The van der Waals surface area contributed by atoms with E-state index in [1.165, 1.54) is 5.56 Å². The molecule has 0 atom stereocenters. The van der Waals surface area contributed by atoms with E-state index in [2.05, 4.69) is 46.0 Å². The molecule has 6 nitrogen and oxygen atoms in total. The van der Waals surface area contributed by atoms with Crippen LogP contribution in [0, 0.1) is 0 Å². The Hall–Kier alpha value is -2.63. The van der Waals surface area contributed by atoms with Crippen molar-refractivity contribution in [2.45, 2.75) is 20.4 Å². The number of rotatable bonds is 5. The molecule has 3 rings (SSSR count). The highest BCUT2D eigenvalue weighted by Crippen LogP contribution is 2.18. The van der Waals surface area contributed by atoms with Gasteiger partial charge >= 0.3 is 0 Å². The Labute approximate surface area is 149 Å². The van der Waals surface area contributed by atoms with Crippen molar-refractivity contribution in [2.75, 3.05) is 42.5 Å². The van der Waals surface area contributed by atoms with E-state index in [0.717, 1.165) is 51.0 Å². The Bertz CT molecular complexity index is 698. The Morgan fingerprint density at radius 3 is 2.48 bits per heavy atom. The molecule has 0 bridgehead atoms. The molecule has 25 heavy (non-hydrogen) atoms. The largest absolute Gasteiger partial charge is 0.352 e. The van der Waals surface area contributed by atoms with Crippen LogP contribution in [0.5, 0.6) is 0 Å². The first-order valence-electron chi connectivity index (χ1n) is 8.79. The van der Waals surface area contributed by atoms with Gasteiger partial charge in [0, 0.05) is 52.4 Å². The van der Waals surface area contributed by atoms with Crippen LogP contribution in [-0.4, -0.2) is 53.5 Å². The summed E-state index contributed by atoms with van der Waals surface area (Å²) in [6.07, 6.45) is 1.82. The summed E-state index contributed by atoms with van der Waals surface area (Å²) >= 11 is 0. The Kier molecular flexibility index (Phi) is 5.48. The van der Waals surface area contributed by atoms with Gasteiger partial charge in [0.05, 0.1) is 0 Å². The predicted octanol–water partition coefficient (Wildman–Crippen LogP) is 2.17. The average molecular weight is 339 g/mol. The highest BCUT2D eigenvalue weighted by Gasteiger charge is 2.21. The fourth-order valence-electron chi connectivity index (χ4n) is 3.05. The molecule has 0 N–H and O–H groups in total. The van der Waals surface area contributed by atoms with Crippen LogP contribution in [0.25, 0.3) is 0 Å². The molecule has 0 saturated carbocycles. The zero-order chi connectivity index (χ0) is 17.6. The lowest BCUT2D eigenvalue weighted by Gasteiger charge is -2.34. The molecule has 1 aliphatic heterocycles. The molecular weight excluding hydrogens is 314 g/mol. The minimum atomic E-state index is 0.134. The maximum Gasteiger partial charge on any atom is 0.227 e. The van der Waals surface area contributed by atoms with Crippen molar-refractivity contribution in [3.63, 3.8) is 0 Å². The average Bonchev–Trinajstić information content (AvgIpc) is 2.67. The van der Waals surface area contributed by atoms with Crippen molar-refractivity contribution in [3.05, 3.63) is 48.2 Å². The molecule has 1 fully saturated rings. The highest BCUT2D eigenvalue weighted by atomic mass is 16.2. The number of carbonyl (C=O) groups is 1. The smallest absolute Gasteiger partial charge is 0.227 e. The predicted molar refractivity (Wildman–Crippen MR) is 99.7 cm³/mol. The molecule has 132 valence electrons. The number of piperazine rings is 1. The summed E-state index contributed by atoms with van der Waals surface area (Å²) in [6.45, 7) is 8.46. The third kappa shape index (κ3) is 4.26. The van der Waals surface area contributed by atoms with E-state index in [-0.39, 0.29) is 5.91 Å². The van der Waals surface area contributed by atoms with E-state index in [4.69, 9.17) is 4.98 Å². The van der Waals surface area contributed by atoms with E-state index >= 15 is 0 Å². The molecule has 1 aliphatic rings. The normalized spacial score (nSPS) is 14.5. The zero-order valence-corrected chi connectivity index (χ0v) is 14.9. The summed E-state index contributed by atoms with van der Waals surface area (Å²) < 4.78 is 0. The van der Waals surface area contributed by atoms with Crippen LogP contribution in [0.1, 0.15) is 19.4 Å². The van der Waals surface area contributed by atoms with Gasteiger partial charge in [0.25, 0.3) is 0 Å². The number of benzene rings is 1. The topological polar surface area (TPSA) is 52.6 Å². The molecule has 1 aromatic heterocycles. The lowest BCUT2D eigenvalue weighted by Crippen LogP contribution is -2.48. The van der Waals surface area contributed by atoms with Crippen LogP contribution in [0.2, 0.25) is 0 Å². The maximum absolute atomic E-state index is 11.5. The second-order valence-corrected chi connectivity index (χ2v) is 6.21. The molecule has 1 saturated heterocycles. The Balaban J connectivity index is 1.71. The van der Waals surface area contributed by atoms with Gasteiger partial charge in [-0.05, 0) is 18.6 Å². The third-order valence-electron chi connectivity index (χ3n) is 4.56. The minimum absolute atomic E-state index is 0.134. The summed E-state index contributed by atoms with van der Waals surface area (Å²) in [5, 5.41) is 0. The van der Waals surface area contributed by atoms with Gasteiger partial charge in [0.15, 0.2) is 0 Å². The first kappa shape index (κ1) is 17.2. The van der Waals surface area contributed by atoms with Gasteiger partial charge in [0.2, 0.25) is 11.9 Å². The Morgan fingerprint density at radius 2 is 1.84 bits per heavy atom. The van der Waals surface area contributed by atoms with Crippen LogP contribution in [0.3, 0.4) is 0 Å². The second kappa shape index (κ2) is 7.96. The maximum atomic E-state index is 11.5. The van der Waals surface area contributed by atoms with Gasteiger partial charge in [-0.15, -0.1) is 0 Å². The van der Waals surface area contributed by atoms with Crippen LogP contribution in [-0.2, 0) is 11.3 Å². The van der Waals surface area contributed by atoms with E-state index < -0.39 is 0 Å². The number of carbonyl (C=O) groups excluding carboxylic acids is 1. The summed E-state index contributed by atoms with van der Waals surface area (Å²) in [5.74, 6) is 1.81. The van der Waals surface area contributed by atoms with Crippen LogP contribution in [0.15, 0.2) is 42.6 Å². The monoisotopic (exact) mass is 339 g/mol. The molecule has 0 radical (unpaired) electrons. The summed E-state index contributed by atoms with van der Waals surface area (Å²) in [5.41, 5.74) is 1.26. The SMILES string of the molecule is CCN(Cc1ccccc1)c1ccnc(N2CCN(C(C)=O)CC2)n1. The van der Waals surface area contributed by atoms with Gasteiger partial charge in [-0.3, -0.25) is 4.79 Å². The van der Waals surface area contributed by atoms with Crippen LogP contribution in [0.4, 0.5) is 11.8 Å². The number of hydrogen-bond donors (Lipinski definition) is 0. The number of hydrogen-bond acceptors (Lipinski definition) is 5. The van der Waals surface area contributed by atoms with Gasteiger partial charge < -0.3 is 14.7 Å². The van der Waals surface area contributed by atoms with Crippen molar-refractivity contribution < 1.29 is 4.79 Å². The van der Waals surface area contributed by atoms with Gasteiger partial charge in [-0.1, -0.05) is 30.3 Å². The van der Waals surface area contributed by atoms with Crippen molar-refractivity contribution in [2.24, 2.45) is 0 Å². The molecule has 2 heterocycles. The van der Waals surface area contributed by atoms with Crippen LogP contribution >= 0.6 is 0 Å². The van der Waals surface area contributed by atoms with Crippen LogP contribution < -0.4 is 9.80 Å². The quantitative estimate of drug-likeness (QED) is 0.836. The number of nitrogens with zero attached hydrogens (tertiary/aromatic N) is 5. The van der Waals surface area contributed by atoms with E-state index in [1.54, 1.807) is 6.92 Å². The molecule has 0 spiro atoms. The second-order valence-electron chi connectivity index (χ2n) is 6.21. The van der Waals surface area contributed by atoms with Crippen molar-refractivity contribution in [1.82, 2.24) is 14.9 Å². The molecule has 1 amide bonds. The minimum Gasteiger partial charge on any atom is -0.352 e. The van der Waals surface area contributed by atoms with Gasteiger partial charge in [-0.2, -0.15) is 4.98 Å². The first-order valence-corrected chi connectivity index (χ1v) is 8.79. The number of amides is 1. The zero-order valence-electron chi connectivity index (χ0n) is 14.9. The third-order valence-corrected chi connectivity index (χ3v) is 4.56. The first-order chi connectivity index (χ1) is 12.2. The number of anilines is 2. The summed E-state index contributed by atoms with van der Waals surface area (Å²) in [7, 11) is 0. The summed E-state index contributed by atoms with van der Waals surface area (Å²) in [4.78, 5) is 26.9. The van der Waals surface area contributed by atoms with Crippen molar-refractivity contribution in [1.29, 1.82) is 0 Å². The van der Waals surface area contributed by atoms with Crippen molar-refractivity contribution in [3.8, 4) is 0 Å². The fraction of sp³-hybridized carbons (Fsp3) is 0.421. The number of aromatic nitrogens is 2. The van der Waals surface area contributed by atoms with Gasteiger partial charge in [-0.25, -0.2) is 4.98 Å². The lowest BCUT2D eigenvalue weighted by molar-refractivity contribution is -0.129. The van der Waals surface area contributed by atoms with E-state index in [1.807, 2.05) is 23.2 Å². The van der Waals surface area contributed by atoms with Crippen molar-refractivity contribution >= 4 is 17.7 Å². The van der Waals surface area contributed by atoms with E-state index in [9.17, 15) is 4.79 Å². The van der Waals surface area contributed by atoms with E-state index in [0.29, 0.717) is 0 Å². The highest BCUT2D eigenvalue weighted by molar-refractivity contribution is 5.73. The molecule has 1 aromatic carbocycles. The summed E-state index contributed by atoms with van der Waals surface area (Å²) in [6, 6.07) is 12.4. The molecule has 6 heteroatoms. The molecule has 2 aromatic rings. The molecular formula is C19H25N5O. The van der Waals surface area contributed by atoms with Gasteiger partial charge in [0.1, 0.15) is 5.82 Å². The Morgan fingerprint density at radius 1 is 1.12 bits per heavy atom. The lowest BCUT2D eigenvalue weighted by atomic mass is 10.2. The molecule has 0 unspecified atom stereocenters. The fourth-order valence-corrected chi connectivity index (χ4v) is 3.05. The molecule has 0 aliphatic carbocycles.